The van der Waals surface area contributed by atoms with Crippen LogP contribution in [0.15, 0.2) is 6.20 Å². The number of hydrogen-bond donors (Lipinski definition) is 1. The van der Waals surface area contributed by atoms with Crippen LogP contribution in [0.5, 0.6) is 0 Å². The lowest BCUT2D eigenvalue weighted by Gasteiger charge is -2.33. The number of carbonyl (C=O) groups excluding carboxylic acids is 2. The summed E-state index contributed by atoms with van der Waals surface area (Å²) in [4.78, 5) is 26.4. The molecule has 8 nitrogen and oxygen atoms in total. The zero-order chi connectivity index (χ0) is 17.7. The highest BCUT2D eigenvalue weighted by Gasteiger charge is 2.39. The van der Waals surface area contributed by atoms with Crippen molar-refractivity contribution in [3.8, 4) is 0 Å². The number of nitrogens with one attached hydrogen (secondary N) is 1. The van der Waals surface area contributed by atoms with Crippen molar-refractivity contribution in [3.63, 3.8) is 0 Å². The van der Waals surface area contributed by atoms with Gasteiger partial charge in [0.2, 0.25) is 5.91 Å². The van der Waals surface area contributed by atoms with E-state index in [2.05, 4.69) is 10.4 Å². The molecule has 1 aromatic rings. The van der Waals surface area contributed by atoms with Crippen LogP contribution in [0.3, 0.4) is 0 Å². The maximum atomic E-state index is 12.9. The number of aryl methyl sites for hydroxylation is 1. The maximum Gasteiger partial charge on any atom is 0.273 e. The number of ether oxygens (including phenoxy) is 2. The highest BCUT2D eigenvalue weighted by atomic mass is 35.5. The molecule has 0 aromatic carbocycles. The molecular formula is C15H23ClN4O4. The van der Waals surface area contributed by atoms with Crippen LogP contribution in [0.1, 0.15) is 23.8 Å². The van der Waals surface area contributed by atoms with Gasteiger partial charge in [0.25, 0.3) is 5.91 Å². The van der Waals surface area contributed by atoms with E-state index in [0.29, 0.717) is 30.4 Å². The van der Waals surface area contributed by atoms with Crippen molar-refractivity contribution >= 4 is 23.4 Å². The lowest BCUT2D eigenvalue weighted by molar-refractivity contribution is -0.131. The highest BCUT2D eigenvalue weighted by Crippen LogP contribution is 2.24. The first-order valence-corrected chi connectivity index (χ1v) is 8.18. The molecule has 2 heterocycles. The van der Waals surface area contributed by atoms with Crippen molar-refractivity contribution < 1.29 is 19.1 Å². The van der Waals surface area contributed by atoms with E-state index in [1.54, 1.807) is 16.6 Å². The van der Waals surface area contributed by atoms with E-state index in [0.717, 1.165) is 0 Å². The Labute approximate surface area is 146 Å². The Morgan fingerprint density at radius 3 is 2.92 bits per heavy atom. The second-order valence-corrected chi connectivity index (χ2v) is 6.08. The number of amides is 2. The molecule has 0 bridgehead atoms. The van der Waals surface area contributed by atoms with Crippen molar-refractivity contribution in [1.29, 1.82) is 0 Å². The van der Waals surface area contributed by atoms with Crippen LogP contribution in [0.4, 0.5) is 0 Å². The Bertz CT molecular complexity index is 606. The van der Waals surface area contributed by atoms with Gasteiger partial charge >= 0.3 is 0 Å². The summed E-state index contributed by atoms with van der Waals surface area (Å²) in [6.45, 7) is 3.65. The average Bonchev–Trinajstić information content (AvgIpc) is 2.83. The van der Waals surface area contributed by atoms with Crippen LogP contribution in [-0.4, -0.2) is 72.6 Å². The molecule has 1 aromatic heterocycles. The summed E-state index contributed by atoms with van der Waals surface area (Å²) in [7, 11) is 3.08. The van der Waals surface area contributed by atoms with Gasteiger partial charge in [-0.15, -0.1) is 0 Å². The molecule has 1 saturated heterocycles. The quantitative estimate of drug-likeness (QED) is 0.830. The predicted molar refractivity (Wildman–Crippen MR) is 88.1 cm³/mol. The normalized spacial score (nSPS) is 21.4. The van der Waals surface area contributed by atoms with E-state index in [1.165, 1.54) is 13.3 Å². The van der Waals surface area contributed by atoms with Gasteiger partial charge in [-0.25, -0.2) is 0 Å². The Morgan fingerprint density at radius 2 is 2.29 bits per heavy atom. The molecule has 1 aliphatic rings. The SMILES string of the molecule is CCn1ncc(Cl)c1C(=O)N1CCOC[C@@](CC(=O)NC)(OC)C1. The summed E-state index contributed by atoms with van der Waals surface area (Å²) in [5.41, 5.74) is -0.554. The first kappa shape index (κ1) is 18.7. The molecule has 1 aliphatic heterocycles. The van der Waals surface area contributed by atoms with Crippen molar-refractivity contribution in [1.82, 2.24) is 20.0 Å². The van der Waals surface area contributed by atoms with E-state index in [1.807, 2.05) is 6.92 Å². The van der Waals surface area contributed by atoms with E-state index in [4.69, 9.17) is 21.1 Å². The largest absolute Gasteiger partial charge is 0.377 e. The van der Waals surface area contributed by atoms with Gasteiger partial charge in [-0.3, -0.25) is 14.3 Å². The molecule has 0 radical (unpaired) electrons. The Morgan fingerprint density at radius 1 is 1.54 bits per heavy atom. The predicted octanol–water partition coefficient (Wildman–Crippen LogP) is 0.550. The molecule has 0 aliphatic carbocycles. The van der Waals surface area contributed by atoms with Crippen molar-refractivity contribution in [2.45, 2.75) is 25.5 Å². The Kier molecular flexibility index (Phi) is 6.20. The number of carbonyl (C=O) groups is 2. The summed E-state index contributed by atoms with van der Waals surface area (Å²) in [6, 6.07) is 0. The number of halogens is 1. The van der Waals surface area contributed by atoms with Crippen LogP contribution in [-0.2, 0) is 20.8 Å². The average molecular weight is 359 g/mol. The molecule has 1 fully saturated rings. The Hall–Kier alpha value is -1.64. The minimum Gasteiger partial charge on any atom is -0.377 e. The second-order valence-electron chi connectivity index (χ2n) is 5.67. The number of hydrogen-bond acceptors (Lipinski definition) is 5. The molecular weight excluding hydrogens is 336 g/mol. The third-order valence-corrected chi connectivity index (χ3v) is 4.40. The van der Waals surface area contributed by atoms with E-state index in [-0.39, 0.29) is 31.4 Å². The van der Waals surface area contributed by atoms with Crippen LogP contribution in [0.2, 0.25) is 5.02 Å². The summed E-state index contributed by atoms with van der Waals surface area (Å²) in [5.74, 6) is -0.422. The van der Waals surface area contributed by atoms with Crippen LogP contribution in [0, 0.1) is 0 Å². The smallest absolute Gasteiger partial charge is 0.273 e. The van der Waals surface area contributed by atoms with Crippen molar-refractivity contribution in [3.05, 3.63) is 16.9 Å². The van der Waals surface area contributed by atoms with E-state index in [9.17, 15) is 9.59 Å². The van der Waals surface area contributed by atoms with Crippen LogP contribution >= 0.6 is 11.6 Å². The van der Waals surface area contributed by atoms with Gasteiger partial charge in [-0.05, 0) is 6.92 Å². The number of aromatic nitrogens is 2. The van der Waals surface area contributed by atoms with Gasteiger partial charge in [0.1, 0.15) is 11.3 Å². The van der Waals surface area contributed by atoms with Gasteiger partial charge < -0.3 is 19.7 Å². The summed E-state index contributed by atoms with van der Waals surface area (Å²) in [5, 5.41) is 6.99. The molecule has 24 heavy (non-hydrogen) atoms. The third-order valence-electron chi connectivity index (χ3n) is 4.13. The fourth-order valence-corrected chi connectivity index (χ4v) is 2.95. The fraction of sp³-hybridized carbons (Fsp3) is 0.667. The molecule has 1 N–H and O–H groups in total. The minimum absolute atomic E-state index is 0.102. The first-order valence-electron chi connectivity index (χ1n) is 7.80. The number of methoxy groups -OCH3 is 1. The third kappa shape index (κ3) is 3.88. The van der Waals surface area contributed by atoms with Gasteiger partial charge in [-0.1, -0.05) is 11.6 Å². The van der Waals surface area contributed by atoms with Gasteiger partial charge in [0.15, 0.2) is 0 Å². The van der Waals surface area contributed by atoms with Gasteiger partial charge in [0, 0.05) is 27.2 Å². The minimum atomic E-state index is -0.893. The molecule has 134 valence electrons. The van der Waals surface area contributed by atoms with Crippen LogP contribution < -0.4 is 5.32 Å². The van der Waals surface area contributed by atoms with E-state index >= 15 is 0 Å². The standard InChI is InChI=1S/C15H23ClN4O4/c1-4-20-13(11(16)8-18-20)14(22)19-5-6-24-10-15(9-19,23-3)7-12(21)17-2/h8H,4-7,9-10H2,1-3H3,(H,17,21)/t15-/m0/s1. The zero-order valence-corrected chi connectivity index (χ0v) is 14.9. The monoisotopic (exact) mass is 358 g/mol. The molecule has 2 rings (SSSR count). The van der Waals surface area contributed by atoms with Crippen molar-refractivity contribution in [2.24, 2.45) is 0 Å². The molecule has 1 atom stereocenters. The summed E-state index contributed by atoms with van der Waals surface area (Å²) < 4.78 is 12.7. The van der Waals surface area contributed by atoms with E-state index < -0.39 is 5.60 Å². The zero-order valence-electron chi connectivity index (χ0n) is 14.2. The topological polar surface area (TPSA) is 85.7 Å². The van der Waals surface area contributed by atoms with Gasteiger partial charge in [-0.2, -0.15) is 5.10 Å². The highest BCUT2D eigenvalue weighted by molar-refractivity contribution is 6.33. The summed E-state index contributed by atoms with van der Waals surface area (Å²) in [6.07, 6.45) is 1.56. The molecule has 9 heteroatoms. The maximum absolute atomic E-state index is 12.9. The molecule has 0 spiro atoms. The number of rotatable bonds is 5. The number of nitrogens with zero attached hydrogens (tertiary/aromatic N) is 3. The molecule has 2 amide bonds. The molecule has 0 unspecified atom stereocenters. The molecule has 0 saturated carbocycles. The summed E-state index contributed by atoms with van der Waals surface area (Å²) >= 11 is 6.13. The van der Waals surface area contributed by atoms with Crippen LogP contribution in [0.25, 0.3) is 0 Å². The Balaban J connectivity index is 2.26. The van der Waals surface area contributed by atoms with Crippen molar-refractivity contribution in [2.75, 3.05) is 40.5 Å². The lowest BCUT2D eigenvalue weighted by Crippen LogP contribution is -2.50. The fourth-order valence-electron chi connectivity index (χ4n) is 2.73. The first-order chi connectivity index (χ1) is 11.5. The second kappa shape index (κ2) is 7.96. The lowest BCUT2D eigenvalue weighted by atomic mass is 9.99. The van der Waals surface area contributed by atoms with Gasteiger partial charge in [0.05, 0.1) is 37.4 Å².